The Hall–Kier alpha value is -3.19. The Balaban J connectivity index is 1.58. The van der Waals surface area contributed by atoms with Crippen LogP contribution in [0.4, 0.5) is 0 Å². The van der Waals surface area contributed by atoms with Crippen molar-refractivity contribution >= 4 is 17.7 Å². The van der Waals surface area contributed by atoms with Crippen LogP contribution in [-0.2, 0) is 11.3 Å². The van der Waals surface area contributed by atoms with Gasteiger partial charge >= 0.3 is 0 Å². The van der Waals surface area contributed by atoms with Crippen LogP contribution in [0.2, 0.25) is 0 Å². The van der Waals surface area contributed by atoms with Gasteiger partial charge in [0.1, 0.15) is 5.75 Å². The number of fused-ring (bicyclic) bond motifs is 1. The third kappa shape index (κ3) is 4.25. The molecule has 7 nitrogen and oxygen atoms in total. The molecule has 2 aromatic carbocycles. The smallest absolute Gasteiger partial charge is 0.261 e. The number of benzene rings is 2. The van der Waals surface area contributed by atoms with Gasteiger partial charge in [-0.2, -0.15) is 0 Å². The first kappa shape index (κ1) is 22.0. The quantitative estimate of drug-likeness (QED) is 0.621. The molecular formula is C25H28N2O5. The van der Waals surface area contributed by atoms with E-state index in [2.05, 4.69) is 0 Å². The molecule has 0 saturated carbocycles. The van der Waals surface area contributed by atoms with E-state index in [1.165, 1.54) is 4.90 Å². The van der Waals surface area contributed by atoms with Gasteiger partial charge in [0.2, 0.25) is 0 Å². The van der Waals surface area contributed by atoms with Gasteiger partial charge in [-0.15, -0.1) is 0 Å². The highest BCUT2D eigenvalue weighted by molar-refractivity contribution is 6.21. The monoisotopic (exact) mass is 436 g/mol. The molecule has 0 aromatic heterocycles. The Kier molecular flexibility index (Phi) is 6.55. The molecule has 4 rings (SSSR count). The van der Waals surface area contributed by atoms with E-state index in [9.17, 15) is 14.4 Å². The normalized spacial score (nSPS) is 18.1. The Labute approximate surface area is 187 Å². The standard InChI is InChI=1S/C25H28N2O5/c1-3-31-18-8-7-13-26(16-18)23(28)21-14-17(11-12-22(21)32-4-2)15-27-24(29)19-9-5-6-10-20(19)25(27)30/h5-6,9-12,14,18H,3-4,7-8,13,15-16H2,1-2H3. The number of piperidine rings is 1. The molecule has 1 atom stereocenters. The molecule has 0 N–H and O–H groups in total. The SMILES string of the molecule is CCOc1ccc(CN2C(=O)c3ccccc3C2=O)cc1C(=O)N1CCCC(OCC)C1. The number of amides is 3. The van der Waals surface area contributed by atoms with Crippen LogP contribution in [0.15, 0.2) is 42.5 Å². The van der Waals surface area contributed by atoms with E-state index in [1.54, 1.807) is 47.4 Å². The molecule has 1 saturated heterocycles. The van der Waals surface area contributed by atoms with Crippen LogP contribution >= 0.6 is 0 Å². The zero-order valence-corrected chi connectivity index (χ0v) is 18.5. The zero-order valence-electron chi connectivity index (χ0n) is 18.5. The fraction of sp³-hybridized carbons (Fsp3) is 0.400. The molecule has 0 spiro atoms. The van der Waals surface area contributed by atoms with E-state index in [0.717, 1.165) is 12.8 Å². The van der Waals surface area contributed by atoms with Gasteiger partial charge < -0.3 is 14.4 Å². The summed E-state index contributed by atoms with van der Waals surface area (Å²) in [6, 6.07) is 12.1. The Bertz CT molecular complexity index is 998. The highest BCUT2D eigenvalue weighted by Crippen LogP contribution is 2.28. The van der Waals surface area contributed by atoms with Crippen molar-refractivity contribution in [2.75, 3.05) is 26.3 Å². The van der Waals surface area contributed by atoms with Crippen LogP contribution in [0.25, 0.3) is 0 Å². The fourth-order valence-electron chi connectivity index (χ4n) is 4.35. The Morgan fingerprint density at radius 2 is 1.75 bits per heavy atom. The summed E-state index contributed by atoms with van der Waals surface area (Å²) >= 11 is 0. The molecule has 1 unspecified atom stereocenters. The number of hydrogen-bond donors (Lipinski definition) is 0. The maximum absolute atomic E-state index is 13.4. The second-order valence-electron chi connectivity index (χ2n) is 7.98. The van der Waals surface area contributed by atoms with Crippen molar-refractivity contribution in [1.29, 1.82) is 0 Å². The molecular weight excluding hydrogens is 408 g/mol. The molecule has 3 amide bonds. The molecule has 2 aliphatic heterocycles. The first-order valence-corrected chi connectivity index (χ1v) is 11.1. The highest BCUT2D eigenvalue weighted by Gasteiger charge is 2.35. The van der Waals surface area contributed by atoms with Gasteiger partial charge in [-0.05, 0) is 56.5 Å². The van der Waals surface area contributed by atoms with Gasteiger partial charge in [0.25, 0.3) is 17.7 Å². The fourth-order valence-corrected chi connectivity index (χ4v) is 4.35. The second-order valence-corrected chi connectivity index (χ2v) is 7.98. The number of nitrogens with zero attached hydrogens (tertiary/aromatic N) is 2. The molecule has 2 heterocycles. The molecule has 0 radical (unpaired) electrons. The van der Waals surface area contributed by atoms with E-state index in [-0.39, 0.29) is 30.4 Å². The van der Waals surface area contributed by atoms with Crippen molar-refractivity contribution in [2.24, 2.45) is 0 Å². The summed E-state index contributed by atoms with van der Waals surface area (Å²) in [7, 11) is 0. The molecule has 2 aliphatic rings. The van der Waals surface area contributed by atoms with Crippen molar-refractivity contribution in [3.05, 3.63) is 64.7 Å². The lowest BCUT2D eigenvalue weighted by atomic mass is 10.0. The summed E-state index contributed by atoms with van der Waals surface area (Å²) in [5.41, 5.74) is 1.97. The van der Waals surface area contributed by atoms with Gasteiger partial charge in [-0.3, -0.25) is 19.3 Å². The second kappa shape index (κ2) is 9.53. The summed E-state index contributed by atoms with van der Waals surface area (Å²) in [6.07, 6.45) is 1.86. The third-order valence-electron chi connectivity index (χ3n) is 5.86. The van der Waals surface area contributed by atoms with Gasteiger partial charge in [0, 0.05) is 19.7 Å². The summed E-state index contributed by atoms with van der Waals surface area (Å²) in [4.78, 5) is 41.9. The predicted octanol–water partition coefficient (Wildman–Crippen LogP) is 3.52. The van der Waals surface area contributed by atoms with Crippen LogP contribution in [0.3, 0.4) is 0 Å². The summed E-state index contributed by atoms with van der Waals surface area (Å²) in [5, 5.41) is 0. The van der Waals surface area contributed by atoms with E-state index in [4.69, 9.17) is 9.47 Å². The minimum atomic E-state index is -0.317. The van der Waals surface area contributed by atoms with Crippen molar-refractivity contribution in [3.8, 4) is 5.75 Å². The van der Waals surface area contributed by atoms with Crippen LogP contribution in [0.5, 0.6) is 5.75 Å². The number of rotatable bonds is 7. The molecule has 2 aromatic rings. The summed E-state index contributed by atoms with van der Waals surface area (Å²) < 4.78 is 11.5. The van der Waals surface area contributed by atoms with E-state index >= 15 is 0 Å². The zero-order chi connectivity index (χ0) is 22.7. The molecule has 7 heteroatoms. The van der Waals surface area contributed by atoms with E-state index in [0.29, 0.717) is 54.3 Å². The van der Waals surface area contributed by atoms with Gasteiger partial charge in [-0.1, -0.05) is 18.2 Å². The third-order valence-corrected chi connectivity index (χ3v) is 5.86. The lowest BCUT2D eigenvalue weighted by Crippen LogP contribution is -2.43. The Morgan fingerprint density at radius 1 is 1.03 bits per heavy atom. The number of likely N-dealkylation sites (tertiary alicyclic amines) is 1. The number of imide groups is 1. The van der Waals surface area contributed by atoms with Crippen molar-refractivity contribution in [1.82, 2.24) is 9.80 Å². The average Bonchev–Trinajstić information content (AvgIpc) is 3.05. The van der Waals surface area contributed by atoms with Crippen LogP contribution < -0.4 is 4.74 Å². The summed E-state index contributed by atoms with van der Waals surface area (Å²) in [5.74, 6) is -0.255. The van der Waals surface area contributed by atoms with Crippen molar-refractivity contribution in [3.63, 3.8) is 0 Å². The summed E-state index contributed by atoms with van der Waals surface area (Å²) in [6.45, 7) is 6.17. The van der Waals surface area contributed by atoms with Crippen LogP contribution in [0, 0.1) is 0 Å². The molecule has 0 aliphatic carbocycles. The lowest BCUT2D eigenvalue weighted by Gasteiger charge is -2.33. The van der Waals surface area contributed by atoms with Crippen LogP contribution in [0.1, 0.15) is 63.3 Å². The molecule has 168 valence electrons. The molecule has 0 bridgehead atoms. The minimum Gasteiger partial charge on any atom is -0.493 e. The van der Waals surface area contributed by atoms with E-state index < -0.39 is 0 Å². The number of carbonyl (C=O) groups is 3. The Morgan fingerprint density at radius 3 is 2.41 bits per heavy atom. The predicted molar refractivity (Wildman–Crippen MR) is 119 cm³/mol. The van der Waals surface area contributed by atoms with E-state index in [1.807, 2.05) is 13.8 Å². The maximum Gasteiger partial charge on any atom is 0.261 e. The average molecular weight is 437 g/mol. The largest absolute Gasteiger partial charge is 0.493 e. The number of hydrogen-bond acceptors (Lipinski definition) is 5. The minimum absolute atomic E-state index is 0.0368. The van der Waals surface area contributed by atoms with Gasteiger partial charge in [-0.25, -0.2) is 0 Å². The van der Waals surface area contributed by atoms with Crippen LogP contribution in [-0.4, -0.2) is 59.9 Å². The molecule has 32 heavy (non-hydrogen) atoms. The first-order valence-electron chi connectivity index (χ1n) is 11.1. The highest BCUT2D eigenvalue weighted by atomic mass is 16.5. The molecule has 1 fully saturated rings. The number of carbonyl (C=O) groups excluding carboxylic acids is 3. The van der Waals surface area contributed by atoms with Gasteiger partial charge in [0.15, 0.2) is 0 Å². The van der Waals surface area contributed by atoms with Crippen molar-refractivity contribution < 1.29 is 23.9 Å². The topological polar surface area (TPSA) is 76.2 Å². The van der Waals surface area contributed by atoms with Gasteiger partial charge in [0.05, 0.1) is 35.9 Å². The maximum atomic E-state index is 13.4. The number of ether oxygens (including phenoxy) is 2. The van der Waals surface area contributed by atoms with Crippen molar-refractivity contribution in [2.45, 2.75) is 39.3 Å². The first-order chi connectivity index (χ1) is 15.5. The lowest BCUT2D eigenvalue weighted by molar-refractivity contribution is 0.00711.